The number of nitrogens with zero attached hydrogens (tertiary/aromatic N) is 3. The van der Waals surface area contributed by atoms with Crippen LogP contribution in [0.3, 0.4) is 0 Å². The van der Waals surface area contributed by atoms with E-state index in [-0.39, 0.29) is 25.8 Å². The van der Waals surface area contributed by atoms with Crippen molar-refractivity contribution in [1.82, 2.24) is 10.0 Å². The molecule has 0 bridgehead atoms. The highest BCUT2D eigenvalue weighted by molar-refractivity contribution is 6.01. The van der Waals surface area contributed by atoms with E-state index in [0.29, 0.717) is 23.7 Å². The van der Waals surface area contributed by atoms with Gasteiger partial charge >= 0.3 is 12.1 Å². The van der Waals surface area contributed by atoms with Crippen LogP contribution >= 0.6 is 0 Å². The van der Waals surface area contributed by atoms with Gasteiger partial charge in [-0.05, 0) is 25.0 Å². The minimum absolute atomic E-state index is 0.0211. The summed E-state index contributed by atoms with van der Waals surface area (Å²) in [5.41, 5.74) is 0. The Bertz CT molecular complexity index is 617. The van der Waals surface area contributed by atoms with Crippen molar-refractivity contribution in [3.8, 4) is 0 Å². The Kier molecular flexibility index (Phi) is 5.83. The van der Waals surface area contributed by atoms with Gasteiger partial charge in [0.25, 0.3) is 11.8 Å². The second-order valence-electron chi connectivity index (χ2n) is 5.12. The number of anilines is 1. The van der Waals surface area contributed by atoms with Gasteiger partial charge in [-0.15, -0.1) is 5.06 Å². The van der Waals surface area contributed by atoms with Crippen LogP contribution in [0, 0.1) is 0 Å². The van der Waals surface area contributed by atoms with Crippen LogP contribution in [0.15, 0.2) is 24.4 Å². The minimum atomic E-state index is -1.13. The summed E-state index contributed by atoms with van der Waals surface area (Å²) in [7, 11) is 0. The minimum Gasteiger partial charge on any atom is -0.465 e. The number of amides is 3. The first-order chi connectivity index (χ1) is 11.5. The number of hydrogen-bond donors (Lipinski definition) is 1. The topological polar surface area (TPSA) is 117 Å². The number of imide groups is 1. The van der Waals surface area contributed by atoms with Crippen LogP contribution in [0.1, 0.15) is 32.1 Å². The second-order valence-corrected chi connectivity index (χ2v) is 5.12. The summed E-state index contributed by atoms with van der Waals surface area (Å²) in [5.74, 6) is -1.44. The molecule has 128 valence electrons. The van der Waals surface area contributed by atoms with E-state index in [1.807, 2.05) is 0 Å². The average molecular weight is 335 g/mol. The van der Waals surface area contributed by atoms with E-state index in [4.69, 9.17) is 4.84 Å². The van der Waals surface area contributed by atoms with Gasteiger partial charge in [-0.2, -0.15) is 0 Å². The first-order valence-electron chi connectivity index (χ1n) is 7.47. The number of hydroxylamine groups is 2. The van der Waals surface area contributed by atoms with Gasteiger partial charge in [-0.1, -0.05) is 6.07 Å². The molecule has 0 radical (unpaired) electrons. The van der Waals surface area contributed by atoms with Gasteiger partial charge in [-0.3, -0.25) is 14.5 Å². The Morgan fingerprint density at radius 2 is 1.92 bits per heavy atom. The highest BCUT2D eigenvalue weighted by Gasteiger charge is 2.32. The van der Waals surface area contributed by atoms with Crippen molar-refractivity contribution in [2.75, 3.05) is 11.4 Å². The monoisotopic (exact) mass is 335 g/mol. The maximum Gasteiger partial charge on any atom is 0.413 e. The Labute approximate surface area is 137 Å². The molecular formula is C15H17N3O6. The van der Waals surface area contributed by atoms with E-state index in [2.05, 4.69) is 4.98 Å². The third kappa shape index (κ3) is 4.51. The number of aromatic nitrogens is 1. The molecular weight excluding hydrogens is 318 g/mol. The fourth-order valence-corrected chi connectivity index (χ4v) is 2.17. The van der Waals surface area contributed by atoms with Crippen molar-refractivity contribution >= 4 is 29.7 Å². The maximum atomic E-state index is 11.6. The molecule has 1 aromatic heterocycles. The molecule has 1 aromatic rings. The van der Waals surface area contributed by atoms with Crippen LogP contribution in [0.5, 0.6) is 0 Å². The smallest absolute Gasteiger partial charge is 0.413 e. The van der Waals surface area contributed by atoms with E-state index in [1.54, 1.807) is 18.2 Å². The van der Waals surface area contributed by atoms with Gasteiger partial charge in [0.15, 0.2) is 0 Å². The average Bonchev–Trinajstić information content (AvgIpc) is 2.87. The fourth-order valence-electron chi connectivity index (χ4n) is 2.17. The lowest BCUT2D eigenvalue weighted by atomic mass is 10.2. The Morgan fingerprint density at radius 1 is 1.21 bits per heavy atom. The summed E-state index contributed by atoms with van der Waals surface area (Å²) < 4.78 is 0. The summed E-state index contributed by atoms with van der Waals surface area (Å²) in [6, 6.07) is 4.94. The van der Waals surface area contributed by atoms with Crippen LogP contribution < -0.4 is 4.90 Å². The van der Waals surface area contributed by atoms with Crippen LogP contribution in [0.2, 0.25) is 0 Å². The molecule has 0 atom stereocenters. The molecule has 1 aliphatic rings. The molecule has 0 spiro atoms. The Hall–Kier alpha value is -2.97. The molecule has 0 saturated carbocycles. The van der Waals surface area contributed by atoms with Crippen molar-refractivity contribution in [2.45, 2.75) is 32.1 Å². The number of hydrogen-bond acceptors (Lipinski definition) is 6. The molecule has 1 aliphatic heterocycles. The molecule has 1 saturated heterocycles. The third-order valence-electron chi connectivity index (χ3n) is 3.37. The van der Waals surface area contributed by atoms with Crippen molar-refractivity contribution in [3.63, 3.8) is 0 Å². The number of pyridine rings is 1. The lowest BCUT2D eigenvalue weighted by Crippen LogP contribution is -2.32. The van der Waals surface area contributed by atoms with Crippen LogP contribution in [-0.4, -0.2) is 45.6 Å². The van der Waals surface area contributed by atoms with Crippen LogP contribution in [-0.2, 0) is 19.2 Å². The molecule has 0 unspecified atom stereocenters. The lowest BCUT2D eigenvalue weighted by molar-refractivity contribution is -0.197. The first kappa shape index (κ1) is 17.4. The molecule has 9 heteroatoms. The normalized spacial score (nSPS) is 13.9. The predicted molar refractivity (Wildman–Crippen MR) is 80.6 cm³/mol. The Balaban J connectivity index is 1.75. The Morgan fingerprint density at radius 3 is 2.50 bits per heavy atom. The van der Waals surface area contributed by atoms with E-state index in [9.17, 15) is 24.3 Å². The van der Waals surface area contributed by atoms with Crippen LogP contribution in [0.4, 0.5) is 10.6 Å². The zero-order valence-electron chi connectivity index (χ0n) is 12.9. The van der Waals surface area contributed by atoms with Gasteiger partial charge in [0, 0.05) is 32.0 Å². The number of carboxylic acid groups (broad SMARTS) is 1. The number of carbonyl (C=O) groups is 4. The molecule has 9 nitrogen and oxygen atoms in total. The van der Waals surface area contributed by atoms with E-state index < -0.39 is 23.9 Å². The quantitative estimate of drug-likeness (QED) is 0.590. The highest BCUT2D eigenvalue weighted by Crippen LogP contribution is 2.14. The van der Waals surface area contributed by atoms with Gasteiger partial charge in [0.05, 0.1) is 0 Å². The molecule has 2 rings (SSSR count). The van der Waals surface area contributed by atoms with Gasteiger partial charge in [0.1, 0.15) is 5.82 Å². The SMILES string of the molecule is O=C(CCCCN(C(=O)O)c1ccccn1)ON1C(=O)CCC1=O. The molecule has 0 aromatic carbocycles. The fraction of sp³-hybridized carbons (Fsp3) is 0.400. The zero-order chi connectivity index (χ0) is 17.5. The summed E-state index contributed by atoms with van der Waals surface area (Å²) in [6.45, 7) is 0.168. The molecule has 24 heavy (non-hydrogen) atoms. The van der Waals surface area contributed by atoms with Crippen molar-refractivity contribution in [3.05, 3.63) is 24.4 Å². The summed E-state index contributed by atoms with van der Waals surface area (Å²) in [4.78, 5) is 55.3. The third-order valence-corrected chi connectivity index (χ3v) is 3.37. The molecule has 1 fully saturated rings. The molecule has 3 amide bonds. The molecule has 1 N–H and O–H groups in total. The first-order valence-corrected chi connectivity index (χ1v) is 7.47. The predicted octanol–water partition coefficient (Wildman–Crippen LogP) is 1.34. The van der Waals surface area contributed by atoms with Gasteiger partial charge in [-0.25, -0.2) is 14.6 Å². The van der Waals surface area contributed by atoms with E-state index in [0.717, 1.165) is 4.90 Å². The van der Waals surface area contributed by atoms with E-state index >= 15 is 0 Å². The van der Waals surface area contributed by atoms with Crippen molar-refractivity contribution in [2.24, 2.45) is 0 Å². The van der Waals surface area contributed by atoms with Crippen LogP contribution in [0.25, 0.3) is 0 Å². The highest BCUT2D eigenvalue weighted by atomic mass is 16.7. The zero-order valence-corrected chi connectivity index (χ0v) is 12.9. The number of rotatable bonds is 7. The lowest BCUT2D eigenvalue weighted by Gasteiger charge is -2.17. The summed E-state index contributed by atoms with van der Waals surface area (Å²) >= 11 is 0. The second kappa shape index (κ2) is 8.04. The largest absolute Gasteiger partial charge is 0.465 e. The standard InChI is InChI=1S/C15H17N3O6/c19-12-7-8-13(20)18(12)24-14(21)6-2-4-10-17(15(22)23)11-5-1-3-9-16-11/h1,3,5,9H,2,4,6-8,10H2,(H,22,23). The maximum absolute atomic E-state index is 11.6. The molecule has 0 aliphatic carbocycles. The van der Waals surface area contributed by atoms with Crippen molar-refractivity contribution in [1.29, 1.82) is 0 Å². The number of unbranched alkanes of at least 4 members (excludes halogenated alkanes) is 1. The van der Waals surface area contributed by atoms with E-state index in [1.165, 1.54) is 6.20 Å². The molecule has 2 heterocycles. The van der Waals surface area contributed by atoms with Crippen molar-refractivity contribution < 1.29 is 29.1 Å². The summed E-state index contributed by atoms with van der Waals surface area (Å²) in [5, 5.41) is 9.70. The summed E-state index contributed by atoms with van der Waals surface area (Å²) in [6.07, 6.45) is 1.18. The van der Waals surface area contributed by atoms with Gasteiger partial charge in [0.2, 0.25) is 0 Å². The number of carbonyl (C=O) groups excluding carboxylic acids is 3. The van der Waals surface area contributed by atoms with Gasteiger partial charge < -0.3 is 9.94 Å².